The molecule has 0 atom stereocenters. The van der Waals surface area contributed by atoms with Gasteiger partial charge in [-0.05, 0) is 24.5 Å². The Kier molecular flexibility index (Phi) is 6.20. The number of nitrogen functional groups attached to an aromatic ring is 1. The highest BCUT2D eigenvalue weighted by Crippen LogP contribution is 2.15. The predicted molar refractivity (Wildman–Crippen MR) is 118 cm³/mol. The van der Waals surface area contributed by atoms with Crippen LogP contribution in [0.5, 0.6) is 0 Å². The number of nitrogens with one attached hydrogen (secondary N) is 1. The van der Waals surface area contributed by atoms with Gasteiger partial charge >= 0.3 is 11.7 Å². The second kappa shape index (κ2) is 9.21. The summed E-state index contributed by atoms with van der Waals surface area (Å²) in [4.78, 5) is 33.7. The largest absolute Gasteiger partial charge is 0.399 e. The molecule has 0 fully saturated rings. The maximum atomic E-state index is 13.7. The number of unbranched alkanes of at least 4 members (excludes halogenated alkanes) is 2. The van der Waals surface area contributed by atoms with Crippen LogP contribution in [0.3, 0.4) is 0 Å². The predicted octanol–water partition coefficient (Wildman–Crippen LogP) is 2.62. The highest BCUT2D eigenvalue weighted by molar-refractivity contribution is 5.70. The Morgan fingerprint density at radius 2 is 1.94 bits per heavy atom. The van der Waals surface area contributed by atoms with Crippen molar-refractivity contribution in [2.45, 2.75) is 52.1 Å². The van der Waals surface area contributed by atoms with Gasteiger partial charge < -0.3 is 15.2 Å². The molecule has 0 aliphatic carbocycles. The highest BCUT2D eigenvalue weighted by atomic mass is 19.1. The lowest BCUT2D eigenvalue weighted by Crippen LogP contribution is -2.40. The number of nitrogens with two attached hydrogens (primary N) is 1. The van der Waals surface area contributed by atoms with Crippen molar-refractivity contribution in [1.82, 2.24) is 24.3 Å². The number of benzene rings is 1. The fourth-order valence-corrected chi connectivity index (χ4v) is 3.75. The molecule has 0 aliphatic heterocycles. The number of aryl methyl sites for hydroxylation is 2. The second-order valence-electron chi connectivity index (χ2n) is 7.73. The number of nitrogens with zero attached hydrogens (tertiary/aromatic N) is 4. The van der Waals surface area contributed by atoms with Crippen molar-refractivity contribution in [3.8, 4) is 0 Å². The molecule has 1 aromatic carbocycles. The lowest BCUT2D eigenvalue weighted by molar-refractivity contribution is 0.279. The van der Waals surface area contributed by atoms with E-state index in [1.807, 2.05) is 18.2 Å². The van der Waals surface area contributed by atoms with Crippen LogP contribution in [0.2, 0.25) is 0 Å². The third kappa shape index (κ3) is 4.20. The van der Waals surface area contributed by atoms with E-state index >= 15 is 0 Å². The molecule has 0 aliphatic rings. The quantitative estimate of drug-likeness (QED) is 0.304. The molecule has 3 N–H and O–H groups in total. The van der Waals surface area contributed by atoms with Gasteiger partial charge in [0.25, 0.3) is 5.56 Å². The Hall–Kier alpha value is -3.69. The van der Waals surface area contributed by atoms with E-state index in [-0.39, 0.29) is 23.1 Å². The van der Waals surface area contributed by atoms with Crippen molar-refractivity contribution >= 4 is 16.9 Å². The molecule has 168 valence electrons. The van der Waals surface area contributed by atoms with Crippen molar-refractivity contribution in [1.29, 1.82) is 0 Å². The molecule has 0 saturated heterocycles. The topological polar surface area (TPSA) is 125 Å². The normalized spacial score (nSPS) is 11.4. The van der Waals surface area contributed by atoms with Crippen LogP contribution in [-0.2, 0) is 25.9 Å². The zero-order valence-electron chi connectivity index (χ0n) is 17.8. The van der Waals surface area contributed by atoms with Crippen molar-refractivity contribution in [2.75, 3.05) is 5.73 Å². The first-order chi connectivity index (χ1) is 15.5. The van der Waals surface area contributed by atoms with Crippen molar-refractivity contribution in [3.05, 3.63) is 74.3 Å². The summed E-state index contributed by atoms with van der Waals surface area (Å²) in [5, 5.41) is 3.42. The first-order valence-corrected chi connectivity index (χ1v) is 10.6. The number of hydrogen-bond donors (Lipinski definition) is 2. The highest BCUT2D eigenvalue weighted by Gasteiger charge is 2.19. The number of anilines is 1. The summed E-state index contributed by atoms with van der Waals surface area (Å²) in [7, 11) is 0. The van der Waals surface area contributed by atoms with Crippen LogP contribution in [0.4, 0.5) is 10.1 Å². The number of aromatic nitrogens is 5. The summed E-state index contributed by atoms with van der Waals surface area (Å²) in [5.41, 5.74) is 7.41. The lowest BCUT2D eigenvalue weighted by atomic mass is 10.1. The van der Waals surface area contributed by atoms with E-state index in [0.717, 1.165) is 24.8 Å². The number of H-pyrrole nitrogens is 1. The molecular weight excluding hydrogens is 415 g/mol. The summed E-state index contributed by atoms with van der Waals surface area (Å²) >= 11 is 0. The molecule has 4 rings (SSSR count). The van der Waals surface area contributed by atoms with E-state index in [4.69, 9.17) is 5.73 Å². The Morgan fingerprint density at radius 3 is 2.66 bits per heavy atom. The monoisotopic (exact) mass is 440 g/mol. The van der Waals surface area contributed by atoms with E-state index < -0.39 is 17.3 Å². The van der Waals surface area contributed by atoms with E-state index in [1.54, 1.807) is 6.07 Å². The first-order valence-electron chi connectivity index (χ1n) is 10.6. The van der Waals surface area contributed by atoms with Gasteiger partial charge in [-0.3, -0.25) is 13.9 Å². The van der Waals surface area contributed by atoms with Gasteiger partial charge in [0.15, 0.2) is 5.65 Å². The van der Waals surface area contributed by atoms with E-state index in [9.17, 15) is 14.0 Å². The van der Waals surface area contributed by atoms with Gasteiger partial charge in [-0.25, -0.2) is 9.78 Å². The molecule has 32 heavy (non-hydrogen) atoms. The van der Waals surface area contributed by atoms with Crippen molar-refractivity contribution in [2.24, 2.45) is 0 Å². The number of fused-ring (bicyclic) bond motifs is 1. The van der Waals surface area contributed by atoms with E-state index in [2.05, 4.69) is 26.6 Å². The fourth-order valence-electron chi connectivity index (χ4n) is 3.75. The minimum absolute atomic E-state index is 0.0547. The standard InChI is InChI=1S/C22H25FN6O3/c1-2-3-6-10-29-21(30)18-20(27-17(26-18)12-15-13-25-32-19(15)23)28(22(29)31)11-9-14-7-4-5-8-16(14)24/h4-5,7-8,13H,2-3,6,9-12,24H2,1H3,(H,26,27). The van der Waals surface area contributed by atoms with Gasteiger partial charge in [0.05, 0.1) is 11.8 Å². The third-order valence-electron chi connectivity index (χ3n) is 5.51. The number of hydrogen-bond acceptors (Lipinski definition) is 6. The maximum Gasteiger partial charge on any atom is 0.332 e. The second-order valence-corrected chi connectivity index (χ2v) is 7.73. The average Bonchev–Trinajstić information content (AvgIpc) is 3.38. The summed E-state index contributed by atoms with van der Waals surface area (Å²) in [6.07, 6.45) is 4.41. The minimum Gasteiger partial charge on any atom is -0.399 e. The molecule has 0 saturated carbocycles. The molecule has 0 amide bonds. The number of imidazole rings is 1. The van der Waals surface area contributed by atoms with Gasteiger partial charge in [0.1, 0.15) is 11.3 Å². The number of aromatic amines is 1. The molecule has 0 bridgehead atoms. The molecule has 3 aromatic heterocycles. The minimum atomic E-state index is -0.806. The fraction of sp³-hybridized carbons (Fsp3) is 0.364. The van der Waals surface area contributed by atoms with Crippen LogP contribution in [0, 0.1) is 6.01 Å². The van der Waals surface area contributed by atoms with Gasteiger partial charge in [-0.2, -0.15) is 4.39 Å². The summed E-state index contributed by atoms with van der Waals surface area (Å²) < 4.78 is 20.9. The molecular formula is C22H25FN6O3. The summed E-state index contributed by atoms with van der Waals surface area (Å²) in [6, 6.07) is 6.63. The van der Waals surface area contributed by atoms with Crippen LogP contribution in [0.15, 0.2) is 44.6 Å². The molecule has 0 radical (unpaired) electrons. The maximum absolute atomic E-state index is 13.7. The summed E-state index contributed by atoms with van der Waals surface area (Å²) in [6.45, 7) is 2.67. The van der Waals surface area contributed by atoms with Crippen LogP contribution < -0.4 is 17.0 Å². The van der Waals surface area contributed by atoms with Crippen LogP contribution in [0.1, 0.15) is 43.1 Å². The molecule has 0 spiro atoms. The Bertz CT molecular complexity index is 1350. The number of rotatable bonds is 9. The number of para-hydroxylation sites is 1. The van der Waals surface area contributed by atoms with E-state index in [1.165, 1.54) is 15.3 Å². The van der Waals surface area contributed by atoms with Crippen LogP contribution in [-0.4, -0.2) is 24.3 Å². The smallest absolute Gasteiger partial charge is 0.332 e. The first kappa shape index (κ1) is 21.5. The van der Waals surface area contributed by atoms with Gasteiger partial charge in [0, 0.05) is 25.2 Å². The zero-order chi connectivity index (χ0) is 22.7. The van der Waals surface area contributed by atoms with Crippen molar-refractivity contribution < 1.29 is 8.91 Å². The number of halogens is 1. The molecule has 9 nitrogen and oxygen atoms in total. The van der Waals surface area contributed by atoms with Gasteiger partial charge in [0.2, 0.25) is 0 Å². The van der Waals surface area contributed by atoms with Crippen LogP contribution in [0.25, 0.3) is 11.2 Å². The Balaban J connectivity index is 1.77. The average molecular weight is 440 g/mol. The Labute approximate surface area is 182 Å². The Morgan fingerprint density at radius 1 is 1.12 bits per heavy atom. The van der Waals surface area contributed by atoms with E-state index in [0.29, 0.717) is 31.0 Å². The zero-order valence-corrected chi connectivity index (χ0v) is 17.8. The SMILES string of the molecule is CCCCCn1c(=O)c2[nH]c(Cc3cnoc3F)nc2n(CCc2ccccc2N)c1=O. The summed E-state index contributed by atoms with van der Waals surface area (Å²) in [5.74, 6) is 0.345. The molecule has 0 unspecified atom stereocenters. The van der Waals surface area contributed by atoms with Gasteiger partial charge in [-0.15, -0.1) is 0 Å². The van der Waals surface area contributed by atoms with Crippen LogP contribution >= 0.6 is 0 Å². The van der Waals surface area contributed by atoms with Crippen molar-refractivity contribution in [3.63, 3.8) is 0 Å². The van der Waals surface area contributed by atoms with Gasteiger partial charge in [-0.1, -0.05) is 43.1 Å². The third-order valence-corrected chi connectivity index (χ3v) is 5.51. The molecule has 3 heterocycles. The molecule has 10 heteroatoms. The lowest BCUT2D eigenvalue weighted by Gasteiger charge is -2.12. The molecule has 4 aromatic rings.